The van der Waals surface area contributed by atoms with Crippen LogP contribution in [0.2, 0.25) is 0 Å². The van der Waals surface area contributed by atoms with Crippen LogP contribution in [0.4, 0.5) is 0 Å². The molecule has 1 fully saturated rings. The molecule has 0 radical (unpaired) electrons. The van der Waals surface area contributed by atoms with E-state index < -0.39 is 0 Å². The van der Waals surface area contributed by atoms with E-state index in [0.717, 1.165) is 18.3 Å². The quantitative estimate of drug-likeness (QED) is 0.884. The maximum absolute atomic E-state index is 9.23. The maximum atomic E-state index is 9.23. The van der Waals surface area contributed by atoms with Gasteiger partial charge in [0.1, 0.15) is 11.5 Å². The van der Waals surface area contributed by atoms with Gasteiger partial charge in [0.25, 0.3) is 0 Å². The highest BCUT2D eigenvalue weighted by atomic mass is 79.9. The van der Waals surface area contributed by atoms with Crippen LogP contribution in [0.15, 0.2) is 22.7 Å². The third kappa shape index (κ3) is 2.37. The molecule has 1 aliphatic carbocycles. The highest BCUT2D eigenvalue weighted by Gasteiger charge is 2.21. The first-order chi connectivity index (χ1) is 6.25. The first-order valence-corrected chi connectivity index (χ1v) is 5.16. The van der Waals surface area contributed by atoms with Crippen molar-refractivity contribution in [2.75, 3.05) is 6.61 Å². The summed E-state index contributed by atoms with van der Waals surface area (Å²) in [5, 5.41) is 9.23. The summed E-state index contributed by atoms with van der Waals surface area (Å²) in [6.07, 6.45) is 2.58. The molecule has 0 aromatic heterocycles. The fraction of sp³-hybridized carbons (Fsp3) is 0.400. The van der Waals surface area contributed by atoms with Crippen molar-refractivity contribution >= 4 is 15.9 Å². The van der Waals surface area contributed by atoms with E-state index in [1.807, 2.05) is 0 Å². The third-order valence-corrected chi connectivity index (χ3v) is 2.74. The van der Waals surface area contributed by atoms with E-state index >= 15 is 0 Å². The molecule has 1 aromatic carbocycles. The van der Waals surface area contributed by atoms with E-state index in [1.54, 1.807) is 18.2 Å². The Kier molecular flexibility index (Phi) is 2.44. The summed E-state index contributed by atoms with van der Waals surface area (Å²) in [4.78, 5) is 0. The zero-order chi connectivity index (χ0) is 9.26. The number of hydrogen-bond donors (Lipinski definition) is 1. The number of rotatable bonds is 3. The van der Waals surface area contributed by atoms with Crippen LogP contribution < -0.4 is 4.74 Å². The van der Waals surface area contributed by atoms with Crippen molar-refractivity contribution < 1.29 is 9.84 Å². The van der Waals surface area contributed by atoms with E-state index in [4.69, 9.17) is 4.74 Å². The van der Waals surface area contributed by atoms with E-state index in [0.29, 0.717) is 4.47 Å². The van der Waals surface area contributed by atoms with Gasteiger partial charge in [0.05, 0.1) is 11.1 Å². The number of hydrogen-bond acceptors (Lipinski definition) is 2. The molecule has 70 valence electrons. The van der Waals surface area contributed by atoms with Crippen molar-refractivity contribution in [2.45, 2.75) is 12.8 Å². The fourth-order valence-corrected chi connectivity index (χ4v) is 1.43. The van der Waals surface area contributed by atoms with Crippen molar-refractivity contribution in [1.29, 1.82) is 0 Å². The Morgan fingerprint density at radius 1 is 1.46 bits per heavy atom. The predicted molar refractivity (Wildman–Crippen MR) is 54.0 cm³/mol. The van der Waals surface area contributed by atoms with Gasteiger partial charge in [0.15, 0.2) is 0 Å². The van der Waals surface area contributed by atoms with Crippen molar-refractivity contribution in [3.63, 3.8) is 0 Å². The number of phenolic OH excluding ortho intramolecular Hbond substituents is 1. The van der Waals surface area contributed by atoms with Gasteiger partial charge in [-0.25, -0.2) is 0 Å². The monoisotopic (exact) mass is 242 g/mol. The molecule has 0 atom stereocenters. The molecule has 0 spiro atoms. The van der Waals surface area contributed by atoms with Crippen molar-refractivity contribution in [3.8, 4) is 11.5 Å². The van der Waals surface area contributed by atoms with Crippen LogP contribution in [0.5, 0.6) is 11.5 Å². The van der Waals surface area contributed by atoms with Crippen LogP contribution in [0.25, 0.3) is 0 Å². The summed E-state index contributed by atoms with van der Waals surface area (Å²) in [5.41, 5.74) is 0. The minimum atomic E-state index is 0.249. The van der Waals surface area contributed by atoms with E-state index in [2.05, 4.69) is 15.9 Å². The zero-order valence-corrected chi connectivity index (χ0v) is 8.75. The van der Waals surface area contributed by atoms with Crippen LogP contribution in [0.1, 0.15) is 12.8 Å². The summed E-state index contributed by atoms with van der Waals surface area (Å²) in [6, 6.07) is 5.20. The Hall–Kier alpha value is -0.700. The lowest BCUT2D eigenvalue weighted by atomic mass is 10.3. The minimum absolute atomic E-state index is 0.249. The zero-order valence-electron chi connectivity index (χ0n) is 7.16. The van der Waals surface area contributed by atoms with E-state index in [1.165, 1.54) is 12.8 Å². The second-order valence-corrected chi connectivity index (χ2v) is 4.22. The Bertz CT molecular complexity index is 308. The third-order valence-electron chi connectivity index (χ3n) is 2.10. The molecular formula is C10H11BrO2. The maximum Gasteiger partial charge on any atom is 0.130 e. The summed E-state index contributed by atoms with van der Waals surface area (Å²) in [7, 11) is 0. The number of ether oxygens (including phenoxy) is 1. The van der Waals surface area contributed by atoms with Crippen molar-refractivity contribution in [1.82, 2.24) is 0 Å². The second kappa shape index (κ2) is 3.58. The molecule has 2 nitrogen and oxygen atoms in total. The minimum Gasteiger partial charge on any atom is -0.507 e. The summed E-state index contributed by atoms with van der Waals surface area (Å²) >= 11 is 3.24. The first kappa shape index (κ1) is 8.88. The summed E-state index contributed by atoms with van der Waals surface area (Å²) in [6.45, 7) is 0.803. The SMILES string of the molecule is Oc1ccc(OCC2CC2)cc1Br. The van der Waals surface area contributed by atoms with Gasteiger partial charge in [0.2, 0.25) is 0 Å². The summed E-state index contributed by atoms with van der Waals surface area (Å²) in [5.74, 6) is 1.82. The fourth-order valence-electron chi connectivity index (χ4n) is 1.08. The highest BCUT2D eigenvalue weighted by molar-refractivity contribution is 9.10. The molecule has 1 N–H and O–H groups in total. The smallest absolute Gasteiger partial charge is 0.130 e. The molecule has 0 unspecified atom stereocenters. The van der Waals surface area contributed by atoms with Gasteiger partial charge in [-0.2, -0.15) is 0 Å². The number of phenols is 1. The van der Waals surface area contributed by atoms with Gasteiger partial charge in [-0.05, 0) is 52.9 Å². The summed E-state index contributed by atoms with van der Waals surface area (Å²) < 4.78 is 6.21. The molecule has 0 bridgehead atoms. The van der Waals surface area contributed by atoms with E-state index in [9.17, 15) is 5.11 Å². The molecule has 2 rings (SSSR count). The normalized spacial score (nSPS) is 15.8. The lowest BCUT2D eigenvalue weighted by Crippen LogP contribution is -1.98. The Morgan fingerprint density at radius 2 is 2.23 bits per heavy atom. The van der Waals surface area contributed by atoms with Crippen LogP contribution in [-0.2, 0) is 0 Å². The number of aromatic hydroxyl groups is 1. The molecule has 0 saturated heterocycles. The Labute approximate surface area is 85.7 Å². The molecule has 1 aromatic rings. The largest absolute Gasteiger partial charge is 0.507 e. The molecule has 13 heavy (non-hydrogen) atoms. The van der Waals surface area contributed by atoms with Gasteiger partial charge in [-0.15, -0.1) is 0 Å². The van der Waals surface area contributed by atoms with Crippen molar-refractivity contribution in [2.24, 2.45) is 5.92 Å². The molecule has 0 heterocycles. The average molecular weight is 243 g/mol. The second-order valence-electron chi connectivity index (χ2n) is 3.37. The number of halogens is 1. The van der Waals surface area contributed by atoms with Crippen LogP contribution >= 0.6 is 15.9 Å². The van der Waals surface area contributed by atoms with Gasteiger partial charge < -0.3 is 9.84 Å². The van der Waals surface area contributed by atoms with Gasteiger partial charge >= 0.3 is 0 Å². The number of benzene rings is 1. The van der Waals surface area contributed by atoms with Crippen molar-refractivity contribution in [3.05, 3.63) is 22.7 Å². The van der Waals surface area contributed by atoms with Crippen LogP contribution in [0.3, 0.4) is 0 Å². The van der Waals surface area contributed by atoms with Gasteiger partial charge in [-0.3, -0.25) is 0 Å². The van der Waals surface area contributed by atoms with Gasteiger partial charge in [0, 0.05) is 0 Å². The predicted octanol–water partition coefficient (Wildman–Crippen LogP) is 2.94. The Balaban J connectivity index is 1.98. The van der Waals surface area contributed by atoms with E-state index in [-0.39, 0.29) is 5.75 Å². The first-order valence-electron chi connectivity index (χ1n) is 4.37. The molecular weight excluding hydrogens is 232 g/mol. The molecule has 3 heteroatoms. The standard InChI is InChI=1S/C10H11BrO2/c11-9-5-8(3-4-10(9)12)13-6-7-1-2-7/h3-5,7,12H,1-2,6H2. The van der Waals surface area contributed by atoms with Crippen LogP contribution in [-0.4, -0.2) is 11.7 Å². The lowest BCUT2D eigenvalue weighted by Gasteiger charge is -2.05. The average Bonchev–Trinajstić information content (AvgIpc) is 2.91. The molecule has 0 amide bonds. The highest BCUT2D eigenvalue weighted by Crippen LogP contribution is 2.31. The molecule has 1 aliphatic rings. The van der Waals surface area contributed by atoms with Crippen LogP contribution in [0, 0.1) is 5.92 Å². The molecule has 0 aliphatic heterocycles. The van der Waals surface area contributed by atoms with Gasteiger partial charge in [-0.1, -0.05) is 0 Å². The molecule has 1 saturated carbocycles. The Morgan fingerprint density at radius 3 is 2.85 bits per heavy atom. The topological polar surface area (TPSA) is 29.5 Å². The lowest BCUT2D eigenvalue weighted by molar-refractivity contribution is 0.299.